The third-order valence-electron chi connectivity index (χ3n) is 3.23. The summed E-state index contributed by atoms with van der Waals surface area (Å²) < 4.78 is 5.71. The molecule has 0 atom stereocenters. The molecule has 1 aliphatic rings. The molecule has 0 aromatic heterocycles. The molecule has 0 radical (unpaired) electrons. The van der Waals surface area contributed by atoms with Crippen LogP contribution in [0.5, 0.6) is 5.75 Å². The van der Waals surface area contributed by atoms with Crippen molar-refractivity contribution in [1.29, 1.82) is 0 Å². The van der Waals surface area contributed by atoms with Crippen LogP contribution in [-0.4, -0.2) is 31.1 Å². The highest BCUT2D eigenvalue weighted by Gasteiger charge is 2.08. The smallest absolute Gasteiger partial charge is 0.121 e. The standard InChI is InChI=1S/C14H22N2O/c15-13-6-5-7-14(12-13)17-11-10-16-8-3-1-2-4-9-16/h5-7,12H,1-4,8-11,15H2. The van der Waals surface area contributed by atoms with E-state index in [4.69, 9.17) is 10.5 Å². The minimum atomic E-state index is 0.753. The van der Waals surface area contributed by atoms with Crippen molar-refractivity contribution >= 4 is 5.69 Å². The van der Waals surface area contributed by atoms with Gasteiger partial charge in [0, 0.05) is 18.3 Å². The molecule has 1 aromatic rings. The van der Waals surface area contributed by atoms with E-state index < -0.39 is 0 Å². The maximum atomic E-state index is 5.71. The molecule has 3 nitrogen and oxygen atoms in total. The van der Waals surface area contributed by atoms with Crippen molar-refractivity contribution in [3.05, 3.63) is 24.3 Å². The van der Waals surface area contributed by atoms with Crippen molar-refractivity contribution in [2.45, 2.75) is 25.7 Å². The zero-order valence-electron chi connectivity index (χ0n) is 10.4. The van der Waals surface area contributed by atoms with Crippen molar-refractivity contribution in [2.75, 3.05) is 32.0 Å². The first-order chi connectivity index (χ1) is 8.34. The Labute approximate surface area is 104 Å². The molecule has 1 heterocycles. The number of benzene rings is 1. The van der Waals surface area contributed by atoms with Crippen LogP contribution in [0.4, 0.5) is 5.69 Å². The molecular formula is C14H22N2O. The van der Waals surface area contributed by atoms with E-state index in [9.17, 15) is 0 Å². The molecule has 94 valence electrons. The first kappa shape index (κ1) is 12.2. The number of ether oxygens (including phenoxy) is 1. The summed E-state index contributed by atoms with van der Waals surface area (Å²) in [6.45, 7) is 4.22. The van der Waals surface area contributed by atoms with Crippen LogP contribution in [0.3, 0.4) is 0 Å². The third kappa shape index (κ3) is 4.27. The number of anilines is 1. The fourth-order valence-corrected chi connectivity index (χ4v) is 2.26. The van der Waals surface area contributed by atoms with Crippen LogP contribution in [0.25, 0.3) is 0 Å². The lowest BCUT2D eigenvalue weighted by atomic mass is 10.2. The van der Waals surface area contributed by atoms with Gasteiger partial charge in [-0.1, -0.05) is 18.9 Å². The van der Waals surface area contributed by atoms with Crippen molar-refractivity contribution in [1.82, 2.24) is 4.90 Å². The summed E-state index contributed by atoms with van der Waals surface area (Å²) in [7, 11) is 0. The van der Waals surface area contributed by atoms with Crippen molar-refractivity contribution in [3.63, 3.8) is 0 Å². The van der Waals surface area contributed by atoms with E-state index in [0.29, 0.717) is 0 Å². The Kier molecular flexibility index (Phi) is 4.68. The number of hydrogen-bond acceptors (Lipinski definition) is 3. The number of hydrogen-bond donors (Lipinski definition) is 1. The minimum absolute atomic E-state index is 0.753. The molecule has 0 unspecified atom stereocenters. The van der Waals surface area contributed by atoms with E-state index in [1.54, 1.807) is 0 Å². The monoisotopic (exact) mass is 234 g/mol. The van der Waals surface area contributed by atoms with Gasteiger partial charge in [0.1, 0.15) is 12.4 Å². The number of rotatable bonds is 4. The number of nitrogen functional groups attached to an aromatic ring is 1. The number of nitrogens with zero attached hydrogens (tertiary/aromatic N) is 1. The highest BCUT2D eigenvalue weighted by atomic mass is 16.5. The number of nitrogens with two attached hydrogens (primary N) is 1. The predicted octanol–water partition coefficient (Wildman–Crippen LogP) is 2.52. The minimum Gasteiger partial charge on any atom is -0.492 e. The van der Waals surface area contributed by atoms with Gasteiger partial charge < -0.3 is 10.5 Å². The second-order valence-electron chi connectivity index (χ2n) is 4.68. The Morgan fingerprint density at radius 1 is 1.12 bits per heavy atom. The summed E-state index contributed by atoms with van der Waals surface area (Å²) in [5.41, 5.74) is 6.46. The molecule has 1 aliphatic heterocycles. The molecule has 0 aliphatic carbocycles. The van der Waals surface area contributed by atoms with Gasteiger partial charge in [0.25, 0.3) is 0 Å². The zero-order valence-corrected chi connectivity index (χ0v) is 10.4. The quantitative estimate of drug-likeness (QED) is 0.814. The van der Waals surface area contributed by atoms with Gasteiger partial charge in [-0.3, -0.25) is 4.90 Å². The molecule has 0 amide bonds. The topological polar surface area (TPSA) is 38.5 Å². The molecule has 2 rings (SSSR count). The van der Waals surface area contributed by atoms with E-state index in [0.717, 1.165) is 24.6 Å². The largest absolute Gasteiger partial charge is 0.492 e. The molecule has 1 fully saturated rings. The van der Waals surface area contributed by atoms with E-state index >= 15 is 0 Å². The third-order valence-corrected chi connectivity index (χ3v) is 3.23. The zero-order chi connectivity index (χ0) is 11.9. The van der Waals surface area contributed by atoms with Crippen molar-refractivity contribution in [3.8, 4) is 5.75 Å². The molecule has 1 saturated heterocycles. The summed E-state index contributed by atoms with van der Waals surface area (Å²) in [6.07, 6.45) is 5.43. The Morgan fingerprint density at radius 3 is 2.59 bits per heavy atom. The summed E-state index contributed by atoms with van der Waals surface area (Å²) in [6, 6.07) is 7.64. The predicted molar refractivity (Wildman–Crippen MR) is 71.3 cm³/mol. The summed E-state index contributed by atoms with van der Waals surface area (Å²) in [5.74, 6) is 0.875. The average Bonchev–Trinajstić information content (AvgIpc) is 2.58. The first-order valence-electron chi connectivity index (χ1n) is 6.55. The maximum absolute atomic E-state index is 5.71. The normalized spacial score (nSPS) is 17.6. The van der Waals surface area contributed by atoms with E-state index in [1.165, 1.54) is 38.8 Å². The van der Waals surface area contributed by atoms with E-state index in [1.807, 2.05) is 24.3 Å². The van der Waals surface area contributed by atoms with Crippen LogP contribution in [0, 0.1) is 0 Å². The van der Waals surface area contributed by atoms with Crippen molar-refractivity contribution in [2.24, 2.45) is 0 Å². The molecular weight excluding hydrogens is 212 g/mol. The van der Waals surface area contributed by atoms with Gasteiger partial charge in [-0.05, 0) is 38.1 Å². The van der Waals surface area contributed by atoms with Gasteiger partial charge >= 0.3 is 0 Å². The van der Waals surface area contributed by atoms with Crippen LogP contribution in [0.2, 0.25) is 0 Å². The highest BCUT2D eigenvalue weighted by molar-refractivity contribution is 5.43. The first-order valence-corrected chi connectivity index (χ1v) is 6.55. The molecule has 1 aromatic carbocycles. The lowest BCUT2D eigenvalue weighted by Gasteiger charge is -2.19. The van der Waals surface area contributed by atoms with Gasteiger partial charge in [-0.2, -0.15) is 0 Å². The SMILES string of the molecule is Nc1cccc(OCCN2CCCCCC2)c1. The van der Waals surface area contributed by atoms with Gasteiger partial charge in [0.05, 0.1) is 0 Å². The van der Waals surface area contributed by atoms with Gasteiger partial charge in [0.15, 0.2) is 0 Å². The lowest BCUT2D eigenvalue weighted by Crippen LogP contribution is -2.29. The molecule has 0 spiro atoms. The second kappa shape index (κ2) is 6.50. The summed E-state index contributed by atoms with van der Waals surface area (Å²) >= 11 is 0. The lowest BCUT2D eigenvalue weighted by molar-refractivity contribution is 0.214. The Bertz CT molecular complexity index is 333. The van der Waals surface area contributed by atoms with Crippen molar-refractivity contribution < 1.29 is 4.74 Å². The van der Waals surface area contributed by atoms with Gasteiger partial charge in [0.2, 0.25) is 0 Å². The van der Waals surface area contributed by atoms with Crippen LogP contribution in [-0.2, 0) is 0 Å². The maximum Gasteiger partial charge on any atom is 0.121 e. The summed E-state index contributed by atoms with van der Waals surface area (Å²) in [5, 5.41) is 0. The molecule has 0 saturated carbocycles. The Balaban J connectivity index is 1.71. The summed E-state index contributed by atoms with van der Waals surface area (Å²) in [4.78, 5) is 2.50. The van der Waals surface area contributed by atoms with E-state index in [-0.39, 0.29) is 0 Å². The second-order valence-corrected chi connectivity index (χ2v) is 4.68. The molecule has 2 N–H and O–H groups in total. The number of likely N-dealkylation sites (tertiary alicyclic amines) is 1. The molecule has 17 heavy (non-hydrogen) atoms. The highest BCUT2D eigenvalue weighted by Crippen LogP contribution is 2.14. The fourth-order valence-electron chi connectivity index (χ4n) is 2.26. The van der Waals surface area contributed by atoms with Gasteiger partial charge in [-0.25, -0.2) is 0 Å². The average molecular weight is 234 g/mol. The van der Waals surface area contributed by atoms with Crippen LogP contribution in [0.15, 0.2) is 24.3 Å². The van der Waals surface area contributed by atoms with Crippen LogP contribution < -0.4 is 10.5 Å². The van der Waals surface area contributed by atoms with Gasteiger partial charge in [-0.15, -0.1) is 0 Å². The fraction of sp³-hybridized carbons (Fsp3) is 0.571. The van der Waals surface area contributed by atoms with Crippen LogP contribution >= 0.6 is 0 Å². The van der Waals surface area contributed by atoms with Crippen LogP contribution in [0.1, 0.15) is 25.7 Å². The molecule has 0 bridgehead atoms. The molecule has 3 heteroatoms. The van der Waals surface area contributed by atoms with E-state index in [2.05, 4.69) is 4.90 Å². The Hall–Kier alpha value is -1.22. The Morgan fingerprint density at radius 2 is 1.88 bits per heavy atom.